The van der Waals surface area contributed by atoms with Gasteiger partial charge in [0.05, 0.1) is 5.56 Å². The first kappa shape index (κ1) is 14.1. The van der Waals surface area contributed by atoms with Crippen molar-refractivity contribution in [3.05, 3.63) is 33.8 Å². The highest BCUT2D eigenvalue weighted by Gasteiger charge is 2.35. The summed E-state index contributed by atoms with van der Waals surface area (Å²) in [6.07, 6.45) is 6.80. The summed E-state index contributed by atoms with van der Waals surface area (Å²) in [4.78, 5) is 13.6. The maximum Gasteiger partial charge on any atom is 0.335 e. The molecule has 1 saturated heterocycles. The molecule has 1 aromatic rings. The Bertz CT molecular complexity index is 517. The third kappa shape index (κ3) is 2.77. The number of nitrogens with zero attached hydrogens (tertiary/aromatic N) is 1. The Morgan fingerprint density at radius 1 is 1.30 bits per heavy atom. The predicted octanol–water partition coefficient (Wildman–Crippen LogP) is 3.91. The van der Waals surface area contributed by atoms with Crippen LogP contribution in [0.4, 0.5) is 0 Å². The predicted molar refractivity (Wildman–Crippen MR) is 81.9 cm³/mol. The van der Waals surface area contributed by atoms with Crippen molar-refractivity contribution in [2.75, 3.05) is 6.54 Å². The van der Waals surface area contributed by atoms with Crippen LogP contribution in [0.5, 0.6) is 0 Å². The van der Waals surface area contributed by atoms with Crippen molar-refractivity contribution in [3.63, 3.8) is 0 Å². The highest BCUT2D eigenvalue weighted by molar-refractivity contribution is 9.10. The van der Waals surface area contributed by atoms with E-state index < -0.39 is 5.97 Å². The van der Waals surface area contributed by atoms with E-state index in [0.29, 0.717) is 5.56 Å². The molecule has 3 nitrogen and oxygen atoms in total. The Labute approximate surface area is 128 Å². The second-order valence-electron chi connectivity index (χ2n) is 5.98. The minimum Gasteiger partial charge on any atom is -0.478 e. The number of fused-ring (bicyclic) bond motifs is 1. The van der Waals surface area contributed by atoms with Crippen LogP contribution >= 0.6 is 15.9 Å². The van der Waals surface area contributed by atoms with Crippen molar-refractivity contribution >= 4 is 21.9 Å². The summed E-state index contributed by atoms with van der Waals surface area (Å²) < 4.78 is 0.914. The molecule has 2 atom stereocenters. The van der Waals surface area contributed by atoms with Crippen LogP contribution in [0, 0.1) is 5.92 Å². The van der Waals surface area contributed by atoms with Gasteiger partial charge in [-0.2, -0.15) is 0 Å². The zero-order valence-electron chi connectivity index (χ0n) is 11.5. The molecule has 0 spiro atoms. The van der Waals surface area contributed by atoms with Gasteiger partial charge in [-0.15, -0.1) is 0 Å². The summed E-state index contributed by atoms with van der Waals surface area (Å²) >= 11 is 3.52. The normalized spacial score (nSPS) is 26.4. The molecule has 3 rings (SSSR count). The van der Waals surface area contributed by atoms with Crippen LogP contribution in [0.25, 0.3) is 0 Å². The monoisotopic (exact) mass is 337 g/mol. The SMILES string of the molecule is O=C(O)c1ccc(CN2CCC3CCCCC32)c(Br)c1. The number of carboxylic acids is 1. The molecule has 20 heavy (non-hydrogen) atoms. The van der Waals surface area contributed by atoms with E-state index in [9.17, 15) is 4.79 Å². The summed E-state index contributed by atoms with van der Waals surface area (Å²) in [5, 5.41) is 9.01. The number of benzene rings is 1. The molecule has 2 fully saturated rings. The molecule has 1 heterocycles. The van der Waals surface area contributed by atoms with Crippen molar-refractivity contribution < 1.29 is 9.90 Å². The first-order valence-electron chi connectivity index (χ1n) is 7.41. The maximum atomic E-state index is 11.0. The zero-order chi connectivity index (χ0) is 14.1. The van der Waals surface area contributed by atoms with E-state index in [-0.39, 0.29) is 0 Å². The van der Waals surface area contributed by atoms with E-state index in [0.717, 1.165) is 23.0 Å². The van der Waals surface area contributed by atoms with E-state index in [1.165, 1.54) is 44.2 Å². The minimum absolute atomic E-state index is 0.345. The molecule has 0 radical (unpaired) electrons. The van der Waals surface area contributed by atoms with Crippen molar-refractivity contribution in [2.45, 2.75) is 44.7 Å². The van der Waals surface area contributed by atoms with E-state index in [4.69, 9.17) is 5.11 Å². The molecule has 2 unspecified atom stereocenters. The van der Waals surface area contributed by atoms with Gasteiger partial charge in [-0.05, 0) is 49.4 Å². The fraction of sp³-hybridized carbons (Fsp3) is 0.562. The number of hydrogen-bond donors (Lipinski definition) is 1. The number of rotatable bonds is 3. The highest BCUT2D eigenvalue weighted by Crippen LogP contribution is 2.37. The van der Waals surface area contributed by atoms with Crippen LogP contribution in [0.2, 0.25) is 0 Å². The molecule has 0 aromatic heterocycles. The summed E-state index contributed by atoms with van der Waals surface area (Å²) in [7, 11) is 0. The lowest BCUT2D eigenvalue weighted by Gasteiger charge is -2.32. The number of likely N-dealkylation sites (tertiary alicyclic amines) is 1. The highest BCUT2D eigenvalue weighted by atomic mass is 79.9. The molecule has 1 aliphatic carbocycles. The van der Waals surface area contributed by atoms with Gasteiger partial charge in [-0.1, -0.05) is 34.8 Å². The van der Waals surface area contributed by atoms with Gasteiger partial charge in [0.25, 0.3) is 0 Å². The van der Waals surface area contributed by atoms with Gasteiger partial charge in [-0.3, -0.25) is 4.90 Å². The van der Waals surface area contributed by atoms with Crippen molar-refractivity contribution in [1.82, 2.24) is 4.90 Å². The Balaban J connectivity index is 1.73. The molecule has 108 valence electrons. The van der Waals surface area contributed by atoms with Gasteiger partial charge in [0, 0.05) is 17.1 Å². The lowest BCUT2D eigenvalue weighted by molar-refractivity contribution is 0.0696. The second-order valence-corrected chi connectivity index (χ2v) is 6.84. The largest absolute Gasteiger partial charge is 0.478 e. The molecule has 0 amide bonds. The van der Waals surface area contributed by atoms with Crippen LogP contribution in [0.1, 0.15) is 48.0 Å². The summed E-state index contributed by atoms with van der Waals surface area (Å²) in [6, 6.07) is 6.11. The van der Waals surface area contributed by atoms with Crippen LogP contribution in [-0.4, -0.2) is 28.6 Å². The number of carboxylic acid groups (broad SMARTS) is 1. The van der Waals surface area contributed by atoms with Gasteiger partial charge in [0.15, 0.2) is 0 Å². The molecule has 0 bridgehead atoms. The maximum absolute atomic E-state index is 11.0. The van der Waals surface area contributed by atoms with Gasteiger partial charge in [0.1, 0.15) is 0 Å². The van der Waals surface area contributed by atoms with Crippen LogP contribution in [-0.2, 0) is 6.54 Å². The second kappa shape index (κ2) is 5.86. The third-order valence-electron chi connectivity index (χ3n) is 4.80. The van der Waals surface area contributed by atoms with Gasteiger partial charge >= 0.3 is 5.97 Å². The van der Waals surface area contributed by atoms with Crippen LogP contribution < -0.4 is 0 Å². The Morgan fingerprint density at radius 3 is 2.85 bits per heavy atom. The Morgan fingerprint density at radius 2 is 2.10 bits per heavy atom. The fourth-order valence-electron chi connectivity index (χ4n) is 3.73. The molecule has 2 aliphatic rings. The van der Waals surface area contributed by atoms with Crippen molar-refractivity contribution in [2.24, 2.45) is 5.92 Å². The van der Waals surface area contributed by atoms with E-state index in [1.807, 2.05) is 6.07 Å². The molecular weight excluding hydrogens is 318 g/mol. The molecule has 4 heteroatoms. The number of halogens is 1. The van der Waals surface area contributed by atoms with Crippen LogP contribution in [0.3, 0.4) is 0 Å². The average Bonchev–Trinajstić information content (AvgIpc) is 2.84. The van der Waals surface area contributed by atoms with E-state index in [1.54, 1.807) is 12.1 Å². The standard InChI is InChI=1S/C16H20BrNO2/c17-14-9-12(16(19)20)5-6-13(14)10-18-8-7-11-3-1-2-4-15(11)18/h5-6,9,11,15H,1-4,7-8,10H2,(H,19,20). The summed E-state index contributed by atoms with van der Waals surface area (Å²) in [6.45, 7) is 2.12. The van der Waals surface area contributed by atoms with Gasteiger partial charge in [-0.25, -0.2) is 4.79 Å². The summed E-state index contributed by atoms with van der Waals surface area (Å²) in [5.41, 5.74) is 1.54. The first-order valence-corrected chi connectivity index (χ1v) is 8.20. The number of aromatic carboxylic acids is 1. The molecule has 1 N–H and O–H groups in total. The quantitative estimate of drug-likeness (QED) is 0.908. The van der Waals surface area contributed by atoms with Gasteiger partial charge < -0.3 is 5.11 Å². The lowest BCUT2D eigenvalue weighted by Crippen LogP contribution is -2.34. The van der Waals surface area contributed by atoms with Crippen LogP contribution in [0.15, 0.2) is 22.7 Å². The molecular formula is C16H20BrNO2. The first-order chi connectivity index (χ1) is 9.65. The molecule has 1 saturated carbocycles. The Hall–Kier alpha value is -0.870. The van der Waals surface area contributed by atoms with E-state index >= 15 is 0 Å². The summed E-state index contributed by atoms with van der Waals surface area (Å²) in [5.74, 6) is 0.0200. The fourth-order valence-corrected chi connectivity index (χ4v) is 4.23. The Kier molecular flexibility index (Phi) is 4.13. The van der Waals surface area contributed by atoms with E-state index in [2.05, 4.69) is 20.8 Å². The molecule has 1 aliphatic heterocycles. The number of carbonyl (C=O) groups is 1. The van der Waals surface area contributed by atoms with Crippen molar-refractivity contribution in [3.8, 4) is 0 Å². The number of hydrogen-bond acceptors (Lipinski definition) is 2. The zero-order valence-corrected chi connectivity index (χ0v) is 13.1. The van der Waals surface area contributed by atoms with Crippen molar-refractivity contribution in [1.29, 1.82) is 0 Å². The smallest absolute Gasteiger partial charge is 0.335 e. The topological polar surface area (TPSA) is 40.5 Å². The average molecular weight is 338 g/mol. The lowest BCUT2D eigenvalue weighted by atomic mass is 9.85. The minimum atomic E-state index is -0.870. The van der Waals surface area contributed by atoms with Gasteiger partial charge in [0.2, 0.25) is 0 Å². The third-order valence-corrected chi connectivity index (χ3v) is 5.54. The molecule has 1 aromatic carbocycles.